The van der Waals surface area contributed by atoms with E-state index in [0.717, 1.165) is 26.0 Å². The molecule has 0 spiro atoms. The molecule has 23 heavy (non-hydrogen) atoms. The lowest BCUT2D eigenvalue weighted by atomic mass is 10.0. The van der Waals surface area contributed by atoms with Crippen LogP contribution in [0.4, 0.5) is 4.39 Å². The number of aromatic nitrogens is 2. The molecule has 0 atom stereocenters. The number of halogens is 1. The van der Waals surface area contributed by atoms with Gasteiger partial charge in [-0.05, 0) is 36.5 Å². The first kappa shape index (κ1) is 14.3. The number of benzene rings is 2. The smallest absolute Gasteiger partial charge is 0.231 e. The predicted molar refractivity (Wildman–Crippen MR) is 93.2 cm³/mol. The van der Waals surface area contributed by atoms with Crippen LogP contribution >= 0.6 is 11.3 Å². The molecule has 4 rings (SSSR count). The van der Waals surface area contributed by atoms with Gasteiger partial charge in [-0.1, -0.05) is 24.3 Å². The fourth-order valence-electron chi connectivity index (χ4n) is 3.06. The third-order valence-electron chi connectivity index (χ3n) is 4.34. The van der Waals surface area contributed by atoms with Gasteiger partial charge in [0.05, 0.1) is 7.05 Å². The predicted octanol–water partition coefficient (Wildman–Crippen LogP) is 4.70. The Kier molecular flexibility index (Phi) is 3.16. The van der Waals surface area contributed by atoms with E-state index in [0.29, 0.717) is 5.56 Å². The maximum Gasteiger partial charge on any atom is 0.287 e. The first-order chi connectivity index (χ1) is 11.1. The van der Waals surface area contributed by atoms with Crippen molar-refractivity contribution in [1.29, 1.82) is 0 Å². The number of hydrogen-bond donors (Lipinski definition) is 0. The van der Waals surface area contributed by atoms with Crippen molar-refractivity contribution in [3.05, 3.63) is 59.7 Å². The van der Waals surface area contributed by atoms with Gasteiger partial charge < -0.3 is 0 Å². The number of thiophene rings is 1. The van der Waals surface area contributed by atoms with Crippen LogP contribution in [0.2, 0.25) is 0 Å². The summed E-state index contributed by atoms with van der Waals surface area (Å²) in [6.45, 7) is 3.94. The molecule has 0 radical (unpaired) electrons. The number of aryl methyl sites for hydroxylation is 3. The molecule has 2 nitrogen and oxygen atoms in total. The summed E-state index contributed by atoms with van der Waals surface area (Å²) in [7, 11) is 2.01. The standard InChI is InChI=1S/C19H16FN2S/c1-11-6-4-5-7-13(11)17-19-16(21-10-22(17)3)14-8-9-15(20)12(2)18(14)23-19/h4-10H,1-3H3/q+1. The molecule has 0 aliphatic rings. The van der Waals surface area contributed by atoms with Crippen molar-refractivity contribution in [2.75, 3.05) is 0 Å². The number of nitrogens with zero attached hydrogens (tertiary/aromatic N) is 2. The second-order valence-electron chi connectivity index (χ2n) is 5.85. The molecular weight excluding hydrogens is 307 g/mol. The first-order valence-electron chi connectivity index (χ1n) is 7.50. The van der Waals surface area contributed by atoms with Crippen molar-refractivity contribution in [1.82, 2.24) is 4.98 Å². The summed E-state index contributed by atoms with van der Waals surface area (Å²) in [4.78, 5) is 4.61. The van der Waals surface area contributed by atoms with Crippen molar-refractivity contribution in [3.63, 3.8) is 0 Å². The van der Waals surface area contributed by atoms with Crippen LogP contribution in [0.3, 0.4) is 0 Å². The summed E-state index contributed by atoms with van der Waals surface area (Å²) in [6.07, 6.45) is 1.84. The van der Waals surface area contributed by atoms with Crippen LogP contribution in [0.1, 0.15) is 11.1 Å². The summed E-state index contributed by atoms with van der Waals surface area (Å²) in [5, 5.41) is 1.03. The third-order valence-corrected chi connectivity index (χ3v) is 5.66. The molecular formula is C19H16FN2S+. The van der Waals surface area contributed by atoms with Crippen LogP contribution in [0.25, 0.3) is 31.6 Å². The number of rotatable bonds is 1. The Labute approximate surface area is 137 Å². The molecule has 0 saturated carbocycles. The van der Waals surface area contributed by atoms with Gasteiger partial charge in [-0.2, -0.15) is 0 Å². The summed E-state index contributed by atoms with van der Waals surface area (Å²) in [6, 6.07) is 11.7. The highest BCUT2D eigenvalue weighted by molar-refractivity contribution is 7.26. The van der Waals surface area contributed by atoms with Crippen molar-refractivity contribution in [3.8, 4) is 11.3 Å². The van der Waals surface area contributed by atoms with Gasteiger partial charge in [0, 0.05) is 21.2 Å². The van der Waals surface area contributed by atoms with Crippen LogP contribution in [-0.4, -0.2) is 4.98 Å². The van der Waals surface area contributed by atoms with E-state index < -0.39 is 0 Å². The lowest BCUT2D eigenvalue weighted by molar-refractivity contribution is -0.662. The molecule has 0 saturated heterocycles. The van der Waals surface area contributed by atoms with Gasteiger partial charge in [-0.25, -0.2) is 8.96 Å². The molecule has 0 fully saturated rings. The molecule has 0 aliphatic heterocycles. The average Bonchev–Trinajstić information content (AvgIpc) is 2.91. The second-order valence-corrected chi connectivity index (χ2v) is 6.87. The van der Waals surface area contributed by atoms with Gasteiger partial charge in [0.2, 0.25) is 5.52 Å². The molecule has 0 aliphatic carbocycles. The largest absolute Gasteiger partial charge is 0.287 e. The molecule has 4 aromatic rings. The Hall–Kier alpha value is -2.33. The minimum Gasteiger partial charge on any atom is -0.231 e. The zero-order valence-corrected chi connectivity index (χ0v) is 14.0. The van der Waals surface area contributed by atoms with Crippen LogP contribution < -0.4 is 4.57 Å². The summed E-state index contributed by atoms with van der Waals surface area (Å²) in [5.41, 5.74) is 5.19. The highest BCUT2D eigenvalue weighted by atomic mass is 32.1. The minimum atomic E-state index is -0.161. The molecule has 2 aromatic carbocycles. The normalized spacial score (nSPS) is 11.5. The Balaban J connectivity index is 2.19. The van der Waals surface area contributed by atoms with E-state index in [-0.39, 0.29) is 5.82 Å². The maximum atomic E-state index is 13.9. The topological polar surface area (TPSA) is 16.8 Å². The molecule has 2 aromatic heterocycles. The zero-order valence-electron chi connectivity index (χ0n) is 13.2. The van der Waals surface area contributed by atoms with Crippen LogP contribution in [0, 0.1) is 19.7 Å². The first-order valence-corrected chi connectivity index (χ1v) is 8.31. The minimum absolute atomic E-state index is 0.161. The molecule has 114 valence electrons. The van der Waals surface area contributed by atoms with Crippen LogP contribution in [0.5, 0.6) is 0 Å². The van der Waals surface area contributed by atoms with Gasteiger partial charge in [-0.15, -0.1) is 11.3 Å². The van der Waals surface area contributed by atoms with Gasteiger partial charge in [0.25, 0.3) is 6.33 Å². The van der Waals surface area contributed by atoms with Crippen molar-refractivity contribution in [2.24, 2.45) is 7.05 Å². The van der Waals surface area contributed by atoms with E-state index in [2.05, 4.69) is 24.0 Å². The number of fused-ring (bicyclic) bond motifs is 3. The lowest BCUT2D eigenvalue weighted by Gasteiger charge is -2.06. The molecule has 4 heteroatoms. The van der Waals surface area contributed by atoms with E-state index in [1.165, 1.54) is 17.2 Å². The SMILES string of the molecule is Cc1ccccc1-c1c2sc3c(C)c(F)ccc3c2nc[n+]1C. The highest BCUT2D eigenvalue weighted by Crippen LogP contribution is 2.39. The highest BCUT2D eigenvalue weighted by Gasteiger charge is 2.22. The van der Waals surface area contributed by atoms with Crippen molar-refractivity contribution >= 4 is 31.6 Å². The lowest BCUT2D eigenvalue weighted by Crippen LogP contribution is -2.31. The third kappa shape index (κ3) is 2.05. The van der Waals surface area contributed by atoms with E-state index in [1.807, 2.05) is 43.1 Å². The van der Waals surface area contributed by atoms with E-state index >= 15 is 0 Å². The van der Waals surface area contributed by atoms with E-state index in [1.54, 1.807) is 11.3 Å². The fraction of sp³-hybridized carbons (Fsp3) is 0.158. The molecule has 0 unspecified atom stereocenters. The van der Waals surface area contributed by atoms with Crippen LogP contribution in [0.15, 0.2) is 42.7 Å². The Morgan fingerprint density at radius 1 is 1.04 bits per heavy atom. The second kappa shape index (κ2) is 5.10. The summed E-state index contributed by atoms with van der Waals surface area (Å²) in [5.74, 6) is -0.161. The molecule has 2 heterocycles. The zero-order chi connectivity index (χ0) is 16.1. The quantitative estimate of drug-likeness (QED) is 0.464. The van der Waals surface area contributed by atoms with Crippen LogP contribution in [-0.2, 0) is 7.05 Å². The molecule has 0 N–H and O–H groups in total. The Bertz CT molecular complexity index is 1070. The van der Waals surface area contributed by atoms with E-state index in [4.69, 9.17) is 0 Å². The monoisotopic (exact) mass is 323 g/mol. The molecule has 0 amide bonds. The Morgan fingerprint density at radius 3 is 2.61 bits per heavy atom. The van der Waals surface area contributed by atoms with Gasteiger partial charge in [0.1, 0.15) is 10.5 Å². The Morgan fingerprint density at radius 2 is 1.83 bits per heavy atom. The van der Waals surface area contributed by atoms with Crippen molar-refractivity contribution < 1.29 is 8.96 Å². The maximum absolute atomic E-state index is 13.9. The summed E-state index contributed by atoms with van der Waals surface area (Å²) >= 11 is 1.62. The van der Waals surface area contributed by atoms with Crippen molar-refractivity contribution in [2.45, 2.75) is 13.8 Å². The number of hydrogen-bond acceptors (Lipinski definition) is 2. The van der Waals surface area contributed by atoms with Gasteiger partial charge in [-0.3, -0.25) is 0 Å². The van der Waals surface area contributed by atoms with Gasteiger partial charge in [0.15, 0.2) is 5.69 Å². The summed E-state index contributed by atoms with van der Waals surface area (Å²) < 4.78 is 18.1. The van der Waals surface area contributed by atoms with E-state index in [9.17, 15) is 4.39 Å². The fourth-order valence-corrected chi connectivity index (χ4v) is 4.40. The average molecular weight is 323 g/mol. The van der Waals surface area contributed by atoms with Gasteiger partial charge >= 0.3 is 0 Å². The molecule has 0 bridgehead atoms.